The maximum Gasteiger partial charge on any atom is 0.407 e. The first-order chi connectivity index (χ1) is 8.31. The fourth-order valence-corrected chi connectivity index (χ4v) is 1.39. The standard InChI is InChI=1S/C14H18N2O2/c1-10-5-6-11(7-12(10)8-15)9-16-13(17)18-14(2,3)4/h5-7H,9H2,1-4H3,(H,16,17). The predicted molar refractivity (Wildman–Crippen MR) is 69.0 cm³/mol. The Morgan fingerprint density at radius 1 is 1.44 bits per heavy atom. The van der Waals surface area contributed by atoms with Gasteiger partial charge in [0.15, 0.2) is 0 Å². The van der Waals surface area contributed by atoms with E-state index in [4.69, 9.17) is 10.00 Å². The number of alkyl carbamates (subject to hydrolysis) is 1. The molecule has 0 fully saturated rings. The maximum absolute atomic E-state index is 11.5. The molecule has 1 aromatic rings. The van der Waals surface area contributed by atoms with Gasteiger partial charge < -0.3 is 10.1 Å². The summed E-state index contributed by atoms with van der Waals surface area (Å²) in [7, 11) is 0. The van der Waals surface area contributed by atoms with Crippen molar-refractivity contribution in [2.24, 2.45) is 0 Å². The van der Waals surface area contributed by atoms with Gasteiger partial charge in [0, 0.05) is 6.54 Å². The molecule has 1 N–H and O–H groups in total. The number of ether oxygens (including phenoxy) is 1. The number of benzene rings is 1. The molecule has 0 bridgehead atoms. The van der Waals surface area contributed by atoms with Gasteiger partial charge in [-0.15, -0.1) is 0 Å². The Bertz CT molecular complexity index is 482. The zero-order valence-corrected chi connectivity index (χ0v) is 11.2. The molecule has 0 aromatic heterocycles. The quantitative estimate of drug-likeness (QED) is 0.872. The SMILES string of the molecule is Cc1ccc(CNC(=O)OC(C)(C)C)cc1C#N. The van der Waals surface area contributed by atoms with Crippen molar-refractivity contribution in [1.82, 2.24) is 5.32 Å². The van der Waals surface area contributed by atoms with E-state index >= 15 is 0 Å². The Hall–Kier alpha value is -2.02. The molecule has 1 rings (SSSR count). The number of hydrogen-bond donors (Lipinski definition) is 1. The highest BCUT2D eigenvalue weighted by molar-refractivity contribution is 5.67. The highest BCUT2D eigenvalue weighted by Crippen LogP contribution is 2.10. The number of amides is 1. The Balaban J connectivity index is 2.60. The minimum absolute atomic E-state index is 0.351. The van der Waals surface area contributed by atoms with Crippen molar-refractivity contribution in [3.63, 3.8) is 0 Å². The van der Waals surface area contributed by atoms with Gasteiger partial charge in [-0.25, -0.2) is 4.79 Å². The first kappa shape index (κ1) is 14.0. The topological polar surface area (TPSA) is 62.1 Å². The van der Waals surface area contributed by atoms with E-state index in [9.17, 15) is 4.79 Å². The molecule has 0 spiro atoms. The molecule has 0 heterocycles. The smallest absolute Gasteiger partial charge is 0.407 e. The third-order valence-corrected chi connectivity index (χ3v) is 2.26. The molecule has 0 atom stereocenters. The summed E-state index contributed by atoms with van der Waals surface area (Å²) in [6.07, 6.45) is -0.457. The predicted octanol–water partition coefficient (Wildman–Crippen LogP) is 2.89. The first-order valence-corrected chi connectivity index (χ1v) is 5.78. The van der Waals surface area contributed by atoms with Crippen molar-refractivity contribution in [2.45, 2.75) is 39.8 Å². The van der Waals surface area contributed by atoms with E-state index in [0.717, 1.165) is 11.1 Å². The second-order valence-corrected chi connectivity index (χ2v) is 5.12. The van der Waals surface area contributed by atoms with Crippen LogP contribution in [0.15, 0.2) is 18.2 Å². The summed E-state index contributed by atoms with van der Waals surface area (Å²) in [5.41, 5.74) is 1.93. The van der Waals surface area contributed by atoms with E-state index in [1.807, 2.05) is 39.8 Å². The molecule has 0 unspecified atom stereocenters. The van der Waals surface area contributed by atoms with Gasteiger partial charge in [0.2, 0.25) is 0 Å². The van der Waals surface area contributed by atoms with Gasteiger partial charge in [0.25, 0.3) is 0 Å². The number of aryl methyl sites for hydroxylation is 1. The van der Waals surface area contributed by atoms with Crippen LogP contribution in [0.4, 0.5) is 4.79 Å². The van der Waals surface area contributed by atoms with Crippen LogP contribution in [0.2, 0.25) is 0 Å². The van der Waals surface area contributed by atoms with E-state index in [-0.39, 0.29) is 0 Å². The minimum atomic E-state index is -0.505. The highest BCUT2D eigenvalue weighted by atomic mass is 16.6. The lowest BCUT2D eigenvalue weighted by atomic mass is 10.1. The number of rotatable bonds is 2. The minimum Gasteiger partial charge on any atom is -0.444 e. The number of carbonyl (C=O) groups is 1. The molecule has 96 valence electrons. The van der Waals surface area contributed by atoms with Crippen LogP contribution in [0, 0.1) is 18.3 Å². The summed E-state index contributed by atoms with van der Waals surface area (Å²) < 4.78 is 5.12. The van der Waals surface area contributed by atoms with Crippen LogP contribution < -0.4 is 5.32 Å². The average molecular weight is 246 g/mol. The van der Waals surface area contributed by atoms with Gasteiger partial charge in [-0.3, -0.25) is 0 Å². The first-order valence-electron chi connectivity index (χ1n) is 5.78. The normalized spacial score (nSPS) is 10.6. The average Bonchev–Trinajstić information content (AvgIpc) is 2.25. The van der Waals surface area contributed by atoms with Crippen molar-refractivity contribution in [3.05, 3.63) is 34.9 Å². The second-order valence-electron chi connectivity index (χ2n) is 5.12. The second kappa shape index (κ2) is 5.54. The molecular formula is C14H18N2O2. The molecule has 0 radical (unpaired) electrons. The van der Waals surface area contributed by atoms with Crippen LogP contribution in [-0.2, 0) is 11.3 Å². The van der Waals surface area contributed by atoms with Crippen molar-refractivity contribution in [2.75, 3.05) is 0 Å². The molecule has 1 amide bonds. The fourth-order valence-electron chi connectivity index (χ4n) is 1.39. The Morgan fingerprint density at radius 3 is 2.67 bits per heavy atom. The molecule has 1 aromatic carbocycles. The molecule has 18 heavy (non-hydrogen) atoms. The number of nitrogens with zero attached hydrogens (tertiary/aromatic N) is 1. The van der Waals surface area contributed by atoms with E-state index in [1.165, 1.54) is 0 Å². The van der Waals surface area contributed by atoms with Crippen molar-refractivity contribution in [1.29, 1.82) is 5.26 Å². The van der Waals surface area contributed by atoms with Gasteiger partial charge in [0.05, 0.1) is 11.6 Å². The van der Waals surface area contributed by atoms with E-state index in [2.05, 4.69) is 11.4 Å². The molecule has 0 aliphatic heterocycles. The molecule has 0 aliphatic carbocycles. The van der Waals surface area contributed by atoms with Crippen LogP contribution in [-0.4, -0.2) is 11.7 Å². The third kappa shape index (κ3) is 4.46. The Morgan fingerprint density at radius 2 is 2.11 bits per heavy atom. The number of nitriles is 1. The van der Waals surface area contributed by atoms with Crippen molar-refractivity contribution < 1.29 is 9.53 Å². The summed E-state index contributed by atoms with van der Waals surface area (Å²) in [6.45, 7) is 7.66. The number of hydrogen-bond acceptors (Lipinski definition) is 3. The summed E-state index contributed by atoms with van der Waals surface area (Å²) >= 11 is 0. The molecule has 4 heteroatoms. The summed E-state index contributed by atoms with van der Waals surface area (Å²) in [6, 6.07) is 7.64. The zero-order chi connectivity index (χ0) is 13.8. The number of nitrogens with one attached hydrogen (secondary N) is 1. The van der Waals surface area contributed by atoms with Crippen molar-refractivity contribution >= 4 is 6.09 Å². The number of carbonyl (C=O) groups excluding carboxylic acids is 1. The largest absolute Gasteiger partial charge is 0.444 e. The lowest BCUT2D eigenvalue weighted by Gasteiger charge is -2.19. The van der Waals surface area contributed by atoms with Crippen LogP contribution >= 0.6 is 0 Å². The van der Waals surface area contributed by atoms with Crippen LogP contribution in [0.3, 0.4) is 0 Å². The molecule has 0 saturated heterocycles. The van der Waals surface area contributed by atoms with Crippen LogP contribution in [0.25, 0.3) is 0 Å². The van der Waals surface area contributed by atoms with E-state index in [0.29, 0.717) is 12.1 Å². The van der Waals surface area contributed by atoms with Gasteiger partial charge in [-0.05, 0) is 44.9 Å². The van der Waals surface area contributed by atoms with Crippen LogP contribution in [0.5, 0.6) is 0 Å². The fraction of sp³-hybridized carbons (Fsp3) is 0.429. The van der Waals surface area contributed by atoms with Gasteiger partial charge in [-0.1, -0.05) is 12.1 Å². The molecule has 4 nitrogen and oxygen atoms in total. The highest BCUT2D eigenvalue weighted by Gasteiger charge is 2.15. The Labute approximate surface area is 108 Å². The van der Waals surface area contributed by atoms with Crippen molar-refractivity contribution in [3.8, 4) is 6.07 Å². The molecule has 0 aliphatic rings. The summed E-state index contributed by atoms with van der Waals surface area (Å²) in [5.74, 6) is 0. The van der Waals surface area contributed by atoms with E-state index in [1.54, 1.807) is 6.07 Å². The van der Waals surface area contributed by atoms with Gasteiger partial charge >= 0.3 is 6.09 Å². The molecular weight excluding hydrogens is 228 g/mol. The summed E-state index contributed by atoms with van der Waals surface area (Å²) in [5, 5.41) is 11.6. The zero-order valence-electron chi connectivity index (χ0n) is 11.2. The maximum atomic E-state index is 11.5. The Kier molecular flexibility index (Phi) is 4.33. The van der Waals surface area contributed by atoms with E-state index < -0.39 is 11.7 Å². The van der Waals surface area contributed by atoms with Crippen LogP contribution in [0.1, 0.15) is 37.5 Å². The van der Waals surface area contributed by atoms with Gasteiger partial charge in [0.1, 0.15) is 5.60 Å². The third-order valence-electron chi connectivity index (χ3n) is 2.26. The lowest BCUT2D eigenvalue weighted by molar-refractivity contribution is 0.0523. The van der Waals surface area contributed by atoms with Gasteiger partial charge in [-0.2, -0.15) is 5.26 Å². The summed E-state index contributed by atoms with van der Waals surface area (Å²) in [4.78, 5) is 11.5. The molecule has 0 saturated carbocycles. The lowest BCUT2D eigenvalue weighted by Crippen LogP contribution is -2.32. The monoisotopic (exact) mass is 246 g/mol.